The number of hydrogen-bond donors (Lipinski definition) is 2. The van der Waals surface area contributed by atoms with Crippen molar-refractivity contribution in [2.75, 3.05) is 6.54 Å². The highest BCUT2D eigenvalue weighted by Crippen LogP contribution is 2.23. The third-order valence-electron chi connectivity index (χ3n) is 3.21. The van der Waals surface area contributed by atoms with Crippen LogP contribution in [0.4, 0.5) is 0 Å². The van der Waals surface area contributed by atoms with Crippen LogP contribution in [0.15, 0.2) is 24.7 Å². The van der Waals surface area contributed by atoms with Crippen molar-refractivity contribution >= 4 is 17.2 Å². The first-order valence-corrected chi connectivity index (χ1v) is 8.01. The van der Waals surface area contributed by atoms with Gasteiger partial charge >= 0.3 is 0 Å². The minimum absolute atomic E-state index is 0.159. The van der Waals surface area contributed by atoms with E-state index in [-0.39, 0.29) is 5.91 Å². The second-order valence-corrected chi connectivity index (χ2v) is 6.95. The van der Waals surface area contributed by atoms with Crippen molar-refractivity contribution in [3.05, 3.63) is 29.5 Å². The van der Waals surface area contributed by atoms with Gasteiger partial charge in [0.1, 0.15) is 4.88 Å². The van der Waals surface area contributed by atoms with Crippen molar-refractivity contribution in [2.45, 2.75) is 32.7 Å². The molecule has 118 valence electrons. The molecule has 3 N–H and O–H groups in total. The van der Waals surface area contributed by atoms with Crippen molar-refractivity contribution < 1.29 is 4.79 Å². The van der Waals surface area contributed by atoms with Gasteiger partial charge in [-0.2, -0.15) is 0 Å². The average molecular weight is 319 g/mol. The molecule has 0 aromatic carbocycles. The van der Waals surface area contributed by atoms with Gasteiger partial charge in [0, 0.05) is 18.9 Å². The van der Waals surface area contributed by atoms with E-state index in [2.05, 4.69) is 34.1 Å². The van der Waals surface area contributed by atoms with Gasteiger partial charge in [0.25, 0.3) is 5.91 Å². The molecule has 1 amide bonds. The molecule has 2 aromatic rings. The highest BCUT2D eigenvalue weighted by Gasteiger charge is 2.27. The Morgan fingerprint density at radius 3 is 2.64 bits per heavy atom. The van der Waals surface area contributed by atoms with Crippen LogP contribution in [-0.4, -0.2) is 32.9 Å². The Bertz CT molecular complexity index is 628. The van der Waals surface area contributed by atoms with E-state index >= 15 is 0 Å². The van der Waals surface area contributed by atoms with Gasteiger partial charge in [0.15, 0.2) is 10.8 Å². The van der Waals surface area contributed by atoms with Crippen molar-refractivity contribution in [3.8, 4) is 10.8 Å². The number of aromatic nitrogens is 3. The summed E-state index contributed by atoms with van der Waals surface area (Å²) < 4.78 is 0. The molecule has 0 radical (unpaired) electrons. The Kier molecular flexibility index (Phi) is 5.20. The van der Waals surface area contributed by atoms with Crippen LogP contribution in [0.25, 0.3) is 10.8 Å². The molecule has 22 heavy (non-hydrogen) atoms. The maximum absolute atomic E-state index is 12.4. The van der Waals surface area contributed by atoms with Gasteiger partial charge in [0.05, 0.1) is 11.7 Å². The summed E-state index contributed by atoms with van der Waals surface area (Å²) in [6.07, 6.45) is 5.68. The molecule has 1 unspecified atom stereocenters. The zero-order valence-corrected chi connectivity index (χ0v) is 13.9. The molecule has 0 fully saturated rings. The molecular formula is C15H21N5OS. The van der Waals surface area contributed by atoms with Crippen LogP contribution in [0.1, 0.15) is 36.9 Å². The van der Waals surface area contributed by atoms with E-state index in [1.807, 2.05) is 6.92 Å². The number of amides is 1. The molecule has 0 aliphatic heterocycles. The maximum Gasteiger partial charge on any atom is 0.263 e. The molecule has 0 aliphatic carbocycles. The van der Waals surface area contributed by atoms with E-state index in [9.17, 15) is 4.79 Å². The van der Waals surface area contributed by atoms with E-state index in [4.69, 9.17) is 5.73 Å². The molecule has 0 bridgehead atoms. The first-order valence-electron chi connectivity index (χ1n) is 7.19. The summed E-state index contributed by atoms with van der Waals surface area (Å²) in [7, 11) is 0. The van der Waals surface area contributed by atoms with Gasteiger partial charge in [-0.05, 0) is 25.3 Å². The van der Waals surface area contributed by atoms with Crippen LogP contribution in [0.3, 0.4) is 0 Å². The smallest absolute Gasteiger partial charge is 0.263 e. The number of thiazole rings is 1. The molecule has 2 aromatic heterocycles. The Labute approximate surface area is 134 Å². The van der Waals surface area contributed by atoms with Gasteiger partial charge in [-0.25, -0.2) is 15.0 Å². The van der Waals surface area contributed by atoms with Gasteiger partial charge < -0.3 is 11.1 Å². The van der Waals surface area contributed by atoms with Crippen LogP contribution >= 0.6 is 11.3 Å². The number of hydrogen-bond acceptors (Lipinski definition) is 6. The molecule has 0 saturated carbocycles. The minimum atomic E-state index is -0.418. The van der Waals surface area contributed by atoms with E-state index < -0.39 is 5.54 Å². The summed E-state index contributed by atoms with van der Waals surface area (Å²) in [5.41, 5.74) is 5.41. The standard InChI is InChI=1S/C15H21N5OS/c1-10(2)7-15(3,9-16)20-13(21)11-8-19-14(22-11)12-17-5-4-6-18-12/h4-6,8,10H,7,9,16H2,1-3H3,(H,20,21). The van der Waals surface area contributed by atoms with Crippen molar-refractivity contribution in [2.24, 2.45) is 11.7 Å². The zero-order chi connectivity index (χ0) is 16.2. The number of nitrogens with two attached hydrogens (primary N) is 1. The van der Waals surface area contributed by atoms with Crippen LogP contribution in [0.5, 0.6) is 0 Å². The summed E-state index contributed by atoms with van der Waals surface area (Å²) in [6, 6.07) is 1.74. The molecule has 7 heteroatoms. The van der Waals surface area contributed by atoms with Crippen LogP contribution < -0.4 is 11.1 Å². The molecule has 0 saturated heterocycles. The van der Waals surface area contributed by atoms with Crippen LogP contribution in [-0.2, 0) is 0 Å². The highest BCUT2D eigenvalue weighted by molar-refractivity contribution is 7.16. The van der Waals surface area contributed by atoms with Crippen molar-refractivity contribution in [3.63, 3.8) is 0 Å². The van der Waals surface area contributed by atoms with Crippen LogP contribution in [0, 0.1) is 5.92 Å². The van der Waals surface area contributed by atoms with E-state index in [1.165, 1.54) is 11.3 Å². The second kappa shape index (κ2) is 6.93. The first-order chi connectivity index (χ1) is 10.4. The predicted octanol–water partition coefficient (Wildman–Crippen LogP) is 2.09. The van der Waals surface area contributed by atoms with E-state index in [1.54, 1.807) is 24.7 Å². The first kappa shape index (κ1) is 16.5. The Morgan fingerprint density at radius 1 is 1.36 bits per heavy atom. The number of rotatable bonds is 6. The minimum Gasteiger partial charge on any atom is -0.345 e. The lowest BCUT2D eigenvalue weighted by molar-refractivity contribution is 0.0902. The van der Waals surface area contributed by atoms with Gasteiger partial charge in [-0.1, -0.05) is 13.8 Å². The summed E-state index contributed by atoms with van der Waals surface area (Å²) in [5.74, 6) is 0.812. The molecule has 0 aliphatic rings. The Hall–Kier alpha value is -1.86. The molecule has 6 nitrogen and oxygen atoms in total. The lowest BCUT2D eigenvalue weighted by Crippen LogP contribution is -2.52. The summed E-state index contributed by atoms with van der Waals surface area (Å²) in [4.78, 5) is 25.4. The lowest BCUT2D eigenvalue weighted by atomic mass is 9.90. The highest BCUT2D eigenvalue weighted by atomic mass is 32.1. The summed E-state index contributed by atoms with van der Waals surface area (Å²) in [6.45, 7) is 6.58. The Morgan fingerprint density at radius 2 is 2.05 bits per heavy atom. The molecule has 2 rings (SSSR count). The van der Waals surface area contributed by atoms with Gasteiger partial charge in [-0.3, -0.25) is 4.79 Å². The molecular weight excluding hydrogens is 298 g/mol. The third kappa shape index (κ3) is 4.08. The summed E-state index contributed by atoms with van der Waals surface area (Å²) in [5, 5.41) is 3.65. The SMILES string of the molecule is CC(C)CC(C)(CN)NC(=O)c1cnc(-c2ncccn2)s1. The monoisotopic (exact) mass is 319 g/mol. The fraction of sp³-hybridized carbons (Fsp3) is 0.467. The quantitative estimate of drug-likeness (QED) is 0.850. The van der Waals surface area contributed by atoms with E-state index in [0.717, 1.165) is 6.42 Å². The number of nitrogens with one attached hydrogen (secondary N) is 1. The van der Waals surface area contributed by atoms with Crippen LogP contribution in [0.2, 0.25) is 0 Å². The van der Waals surface area contributed by atoms with E-state index in [0.29, 0.717) is 28.2 Å². The van der Waals surface area contributed by atoms with Gasteiger partial charge in [0.2, 0.25) is 0 Å². The average Bonchev–Trinajstić information content (AvgIpc) is 2.97. The third-order valence-corrected chi connectivity index (χ3v) is 4.20. The van der Waals surface area contributed by atoms with Crippen molar-refractivity contribution in [1.29, 1.82) is 0 Å². The molecule has 1 atom stereocenters. The normalized spacial score (nSPS) is 13.9. The number of nitrogens with zero attached hydrogens (tertiary/aromatic N) is 3. The largest absolute Gasteiger partial charge is 0.345 e. The predicted molar refractivity (Wildman–Crippen MR) is 87.5 cm³/mol. The fourth-order valence-corrected chi connectivity index (χ4v) is 3.07. The topological polar surface area (TPSA) is 93.8 Å². The molecule has 2 heterocycles. The Balaban J connectivity index is 2.12. The van der Waals surface area contributed by atoms with Gasteiger partial charge in [-0.15, -0.1) is 11.3 Å². The zero-order valence-electron chi connectivity index (χ0n) is 13.0. The maximum atomic E-state index is 12.4. The fourth-order valence-electron chi connectivity index (χ4n) is 2.31. The van der Waals surface area contributed by atoms with Crippen molar-refractivity contribution in [1.82, 2.24) is 20.3 Å². The second-order valence-electron chi connectivity index (χ2n) is 5.92. The number of carbonyl (C=O) groups excluding carboxylic acids is 1. The summed E-state index contributed by atoms with van der Waals surface area (Å²) >= 11 is 1.28. The molecule has 0 spiro atoms. The lowest BCUT2D eigenvalue weighted by Gasteiger charge is -2.30. The number of carbonyl (C=O) groups is 1.